The fraction of sp³-hybridized carbons (Fsp3) is 0.600. The Labute approximate surface area is 104 Å². The van der Waals surface area contributed by atoms with Crippen LogP contribution in [0.2, 0.25) is 0 Å². The molecule has 0 aliphatic carbocycles. The average Bonchev–Trinajstić information content (AvgIpc) is 2.18. The highest BCUT2D eigenvalue weighted by Gasteiger charge is 2.10. The van der Waals surface area contributed by atoms with Gasteiger partial charge in [-0.25, -0.2) is 4.39 Å². The smallest absolute Gasteiger partial charge is 0.126 e. The summed E-state index contributed by atoms with van der Waals surface area (Å²) in [5.41, 5.74) is 1.85. The SMILES string of the molecule is Cc1cc(OCCCC(C)(C)C)c(C)cc1F. The number of ether oxygens (including phenoxy) is 1. The van der Waals surface area contributed by atoms with Gasteiger partial charge in [0.2, 0.25) is 0 Å². The van der Waals surface area contributed by atoms with Gasteiger partial charge in [-0.3, -0.25) is 0 Å². The van der Waals surface area contributed by atoms with E-state index in [1.807, 2.05) is 6.92 Å². The third kappa shape index (κ3) is 4.76. The van der Waals surface area contributed by atoms with Gasteiger partial charge in [0.1, 0.15) is 11.6 Å². The maximum atomic E-state index is 13.2. The number of benzene rings is 1. The molecule has 0 spiro atoms. The first-order chi connectivity index (χ1) is 7.79. The first kappa shape index (κ1) is 14.0. The number of aryl methyl sites for hydroxylation is 2. The second-order valence-electron chi connectivity index (χ2n) is 5.88. The molecule has 0 N–H and O–H groups in total. The summed E-state index contributed by atoms with van der Waals surface area (Å²) < 4.78 is 18.9. The van der Waals surface area contributed by atoms with Gasteiger partial charge < -0.3 is 4.74 Å². The van der Waals surface area contributed by atoms with E-state index in [0.29, 0.717) is 17.6 Å². The number of halogens is 1. The van der Waals surface area contributed by atoms with Crippen molar-refractivity contribution in [1.82, 2.24) is 0 Å². The molecule has 0 radical (unpaired) electrons. The maximum Gasteiger partial charge on any atom is 0.126 e. The van der Waals surface area contributed by atoms with Gasteiger partial charge in [-0.2, -0.15) is 0 Å². The van der Waals surface area contributed by atoms with Crippen LogP contribution in [0.15, 0.2) is 12.1 Å². The van der Waals surface area contributed by atoms with Crippen LogP contribution in [0.1, 0.15) is 44.7 Å². The van der Waals surface area contributed by atoms with Gasteiger partial charge in [0.05, 0.1) is 6.61 Å². The van der Waals surface area contributed by atoms with Crippen molar-refractivity contribution in [3.05, 3.63) is 29.1 Å². The lowest BCUT2D eigenvalue weighted by atomic mass is 9.91. The van der Waals surface area contributed by atoms with E-state index >= 15 is 0 Å². The third-order valence-electron chi connectivity index (χ3n) is 2.78. The first-order valence-corrected chi connectivity index (χ1v) is 6.19. The van der Waals surface area contributed by atoms with Crippen LogP contribution in [0.25, 0.3) is 0 Å². The van der Waals surface area contributed by atoms with Crippen LogP contribution in [-0.2, 0) is 0 Å². The summed E-state index contributed by atoms with van der Waals surface area (Å²) in [6.07, 6.45) is 2.16. The van der Waals surface area contributed by atoms with Crippen LogP contribution in [0.5, 0.6) is 5.75 Å². The molecule has 1 rings (SSSR count). The quantitative estimate of drug-likeness (QED) is 0.694. The summed E-state index contributed by atoms with van der Waals surface area (Å²) in [5.74, 6) is 0.641. The molecule has 17 heavy (non-hydrogen) atoms. The second-order valence-corrected chi connectivity index (χ2v) is 5.88. The molecular weight excluding hydrogens is 215 g/mol. The van der Waals surface area contributed by atoms with E-state index in [-0.39, 0.29) is 5.82 Å². The Kier molecular flexibility index (Phi) is 4.55. The summed E-state index contributed by atoms with van der Waals surface area (Å²) >= 11 is 0. The van der Waals surface area contributed by atoms with Crippen molar-refractivity contribution in [1.29, 1.82) is 0 Å². The minimum absolute atomic E-state index is 0.162. The largest absolute Gasteiger partial charge is 0.493 e. The van der Waals surface area contributed by atoms with Crippen LogP contribution in [0, 0.1) is 25.1 Å². The highest BCUT2D eigenvalue weighted by atomic mass is 19.1. The highest BCUT2D eigenvalue weighted by molar-refractivity contribution is 5.36. The van der Waals surface area contributed by atoms with Gasteiger partial charge in [-0.15, -0.1) is 0 Å². The molecular formula is C15H23FO. The second kappa shape index (κ2) is 5.52. The Balaban J connectivity index is 2.50. The van der Waals surface area contributed by atoms with Gasteiger partial charge in [-0.05, 0) is 55.4 Å². The molecule has 0 fully saturated rings. The van der Waals surface area contributed by atoms with Gasteiger partial charge in [0.25, 0.3) is 0 Å². The lowest BCUT2D eigenvalue weighted by Crippen LogP contribution is -2.08. The molecule has 1 aromatic rings. The van der Waals surface area contributed by atoms with Crippen molar-refractivity contribution in [2.45, 2.75) is 47.5 Å². The normalized spacial score (nSPS) is 11.6. The molecule has 0 amide bonds. The Morgan fingerprint density at radius 3 is 2.35 bits per heavy atom. The van der Waals surface area contributed by atoms with E-state index in [0.717, 1.165) is 24.2 Å². The molecule has 0 saturated heterocycles. The van der Waals surface area contributed by atoms with Crippen LogP contribution in [0.3, 0.4) is 0 Å². The van der Waals surface area contributed by atoms with E-state index in [4.69, 9.17) is 4.74 Å². The summed E-state index contributed by atoms with van der Waals surface area (Å²) in [5, 5.41) is 0. The van der Waals surface area contributed by atoms with Crippen molar-refractivity contribution in [3.8, 4) is 5.75 Å². The Morgan fingerprint density at radius 1 is 1.12 bits per heavy atom. The highest BCUT2D eigenvalue weighted by Crippen LogP contribution is 2.24. The van der Waals surface area contributed by atoms with Crippen molar-refractivity contribution in [3.63, 3.8) is 0 Å². The van der Waals surface area contributed by atoms with Gasteiger partial charge in [0, 0.05) is 0 Å². The predicted octanol–water partition coefficient (Wildman–Crippen LogP) is 4.65. The summed E-state index contributed by atoms with van der Waals surface area (Å²) in [6, 6.07) is 3.32. The zero-order valence-electron chi connectivity index (χ0n) is 11.6. The van der Waals surface area contributed by atoms with Crippen LogP contribution in [0.4, 0.5) is 4.39 Å². The number of hydrogen-bond acceptors (Lipinski definition) is 1. The molecule has 1 aromatic carbocycles. The zero-order chi connectivity index (χ0) is 13.1. The predicted molar refractivity (Wildman–Crippen MR) is 70.1 cm³/mol. The minimum atomic E-state index is -0.162. The molecule has 0 bridgehead atoms. The summed E-state index contributed by atoms with van der Waals surface area (Å²) in [6.45, 7) is 11.0. The van der Waals surface area contributed by atoms with Crippen molar-refractivity contribution in [2.24, 2.45) is 5.41 Å². The Morgan fingerprint density at radius 2 is 1.76 bits per heavy atom. The Hall–Kier alpha value is -1.05. The van der Waals surface area contributed by atoms with E-state index in [2.05, 4.69) is 20.8 Å². The fourth-order valence-corrected chi connectivity index (χ4v) is 1.69. The first-order valence-electron chi connectivity index (χ1n) is 6.19. The summed E-state index contributed by atoms with van der Waals surface area (Å²) in [7, 11) is 0. The topological polar surface area (TPSA) is 9.23 Å². The minimum Gasteiger partial charge on any atom is -0.493 e. The lowest BCUT2D eigenvalue weighted by molar-refractivity contribution is 0.267. The molecule has 0 atom stereocenters. The lowest BCUT2D eigenvalue weighted by Gasteiger charge is -2.18. The van der Waals surface area contributed by atoms with Gasteiger partial charge in [-0.1, -0.05) is 20.8 Å². The monoisotopic (exact) mass is 238 g/mol. The van der Waals surface area contributed by atoms with Crippen molar-refractivity contribution < 1.29 is 9.13 Å². The van der Waals surface area contributed by atoms with E-state index < -0.39 is 0 Å². The maximum absolute atomic E-state index is 13.2. The van der Waals surface area contributed by atoms with Gasteiger partial charge in [0.15, 0.2) is 0 Å². The molecule has 0 aromatic heterocycles. The molecule has 0 heterocycles. The van der Waals surface area contributed by atoms with Crippen LogP contribution in [-0.4, -0.2) is 6.61 Å². The summed E-state index contributed by atoms with van der Waals surface area (Å²) in [4.78, 5) is 0. The average molecular weight is 238 g/mol. The molecule has 0 saturated carbocycles. The molecule has 2 heteroatoms. The number of hydrogen-bond donors (Lipinski definition) is 0. The molecule has 0 aliphatic rings. The van der Waals surface area contributed by atoms with E-state index in [9.17, 15) is 4.39 Å². The van der Waals surface area contributed by atoms with Crippen molar-refractivity contribution in [2.75, 3.05) is 6.61 Å². The van der Waals surface area contributed by atoms with E-state index in [1.165, 1.54) is 6.07 Å². The van der Waals surface area contributed by atoms with Crippen LogP contribution < -0.4 is 4.74 Å². The van der Waals surface area contributed by atoms with Gasteiger partial charge >= 0.3 is 0 Å². The molecule has 0 aliphatic heterocycles. The molecule has 0 unspecified atom stereocenters. The van der Waals surface area contributed by atoms with Crippen LogP contribution >= 0.6 is 0 Å². The Bertz CT molecular complexity index is 377. The molecule has 1 nitrogen and oxygen atoms in total. The fourth-order valence-electron chi connectivity index (χ4n) is 1.69. The third-order valence-corrected chi connectivity index (χ3v) is 2.78. The molecule has 96 valence electrons. The number of rotatable bonds is 4. The zero-order valence-corrected chi connectivity index (χ0v) is 11.6. The van der Waals surface area contributed by atoms with Crippen molar-refractivity contribution >= 4 is 0 Å². The standard InChI is InChI=1S/C15H23FO/c1-11-10-14(12(2)9-13(11)16)17-8-6-7-15(3,4)5/h9-10H,6-8H2,1-5H3. The van der Waals surface area contributed by atoms with E-state index in [1.54, 1.807) is 13.0 Å².